The van der Waals surface area contributed by atoms with Crippen LogP contribution in [0.3, 0.4) is 0 Å². The summed E-state index contributed by atoms with van der Waals surface area (Å²) in [7, 11) is 0. The van der Waals surface area contributed by atoms with Crippen molar-refractivity contribution < 1.29 is 4.79 Å². The minimum Gasteiger partial charge on any atom is -0.356 e. The van der Waals surface area contributed by atoms with Crippen LogP contribution < -0.4 is 11.1 Å². The largest absolute Gasteiger partial charge is 0.356 e. The summed E-state index contributed by atoms with van der Waals surface area (Å²) in [5, 5.41) is 2.98. The average Bonchev–Trinajstić information content (AvgIpc) is 2.97. The Kier molecular flexibility index (Phi) is 4.94. The number of hydrogen-bond acceptors (Lipinski definition) is 2. The summed E-state index contributed by atoms with van der Waals surface area (Å²) in [5.74, 6) is 1.21. The highest BCUT2D eigenvalue weighted by atomic mass is 16.1. The number of nitrogens with two attached hydrogens (primary N) is 1. The van der Waals surface area contributed by atoms with Crippen molar-refractivity contribution >= 4 is 5.91 Å². The van der Waals surface area contributed by atoms with Crippen LogP contribution >= 0.6 is 0 Å². The highest BCUT2D eigenvalue weighted by Gasteiger charge is 2.21. The Morgan fingerprint density at radius 3 is 2.86 bits per heavy atom. The molecule has 1 unspecified atom stereocenters. The molecule has 1 fully saturated rings. The Bertz CT molecular complexity index is 178. The Hall–Kier alpha value is -0.570. The van der Waals surface area contributed by atoms with Gasteiger partial charge >= 0.3 is 0 Å². The number of carbonyl (C=O) groups excluding carboxylic acids is 1. The van der Waals surface area contributed by atoms with Gasteiger partial charge in [-0.15, -0.1) is 0 Å². The van der Waals surface area contributed by atoms with Crippen molar-refractivity contribution in [1.82, 2.24) is 5.32 Å². The third-order valence-corrected chi connectivity index (χ3v) is 2.84. The van der Waals surface area contributed by atoms with E-state index < -0.39 is 0 Å². The molecule has 1 atom stereocenters. The molecule has 3 nitrogen and oxygen atoms in total. The van der Waals surface area contributed by atoms with Crippen molar-refractivity contribution in [2.75, 3.05) is 13.1 Å². The normalized spacial score (nSPS) is 17.9. The van der Waals surface area contributed by atoms with Crippen LogP contribution in [-0.4, -0.2) is 19.0 Å². The fourth-order valence-electron chi connectivity index (χ4n) is 1.54. The van der Waals surface area contributed by atoms with Crippen molar-refractivity contribution in [3.05, 3.63) is 0 Å². The lowest BCUT2D eigenvalue weighted by atomic mass is 10.0. The first kappa shape index (κ1) is 11.5. The van der Waals surface area contributed by atoms with E-state index in [1.165, 1.54) is 12.8 Å². The minimum atomic E-state index is 0.123. The van der Waals surface area contributed by atoms with Gasteiger partial charge in [0.1, 0.15) is 0 Å². The van der Waals surface area contributed by atoms with E-state index in [1.54, 1.807) is 0 Å². The van der Waals surface area contributed by atoms with Crippen molar-refractivity contribution in [3.63, 3.8) is 0 Å². The van der Waals surface area contributed by atoms with Crippen molar-refractivity contribution in [3.8, 4) is 0 Å². The van der Waals surface area contributed by atoms with Crippen LogP contribution in [-0.2, 0) is 4.79 Å². The summed E-state index contributed by atoms with van der Waals surface area (Å²) in [6.07, 6.45) is 5.73. The van der Waals surface area contributed by atoms with E-state index in [-0.39, 0.29) is 11.8 Å². The molecule has 0 spiro atoms. The molecule has 0 saturated heterocycles. The summed E-state index contributed by atoms with van der Waals surface area (Å²) in [5.41, 5.74) is 5.39. The SMILES string of the molecule is CC(CCCN)C(=O)NCCC1CC1. The summed E-state index contributed by atoms with van der Waals surface area (Å²) in [4.78, 5) is 11.5. The van der Waals surface area contributed by atoms with Crippen molar-refractivity contribution in [2.24, 2.45) is 17.6 Å². The van der Waals surface area contributed by atoms with Crippen molar-refractivity contribution in [2.45, 2.75) is 39.0 Å². The van der Waals surface area contributed by atoms with Gasteiger partial charge in [-0.25, -0.2) is 0 Å². The number of hydrogen-bond donors (Lipinski definition) is 2. The lowest BCUT2D eigenvalue weighted by molar-refractivity contribution is -0.124. The number of amides is 1. The minimum absolute atomic E-state index is 0.123. The first-order valence-electron chi connectivity index (χ1n) is 5.71. The molecule has 3 N–H and O–H groups in total. The summed E-state index contributed by atoms with van der Waals surface area (Å²) >= 11 is 0. The lowest BCUT2D eigenvalue weighted by Crippen LogP contribution is -2.30. The summed E-state index contributed by atoms with van der Waals surface area (Å²) in [6, 6.07) is 0. The first-order chi connectivity index (χ1) is 6.74. The molecule has 0 aromatic heterocycles. The second-order valence-corrected chi connectivity index (χ2v) is 4.36. The predicted molar refractivity (Wildman–Crippen MR) is 57.8 cm³/mol. The molecule has 14 heavy (non-hydrogen) atoms. The first-order valence-corrected chi connectivity index (χ1v) is 5.71. The maximum absolute atomic E-state index is 11.5. The van der Waals surface area contributed by atoms with Gasteiger partial charge in [-0.2, -0.15) is 0 Å². The van der Waals surface area contributed by atoms with Crippen LogP contribution in [0.2, 0.25) is 0 Å². The van der Waals surface area contributed by atoms with Crippen LogP contribution in [0.5, 0.6) is 0 Å². The molecule has 0 aromatic carbocycles. The molecule has 0 bridgehead atoms. The highest BCUT2D eigenvalue weighted by Crippen LogP contribution is 2.31. The molecule has 1 rings (SSSR count). The van der Waals surface area contributed by atoms with E-state index in [1.807, 2.05) is 6.92 Å². The Morgan fingerprint density at radius 1 is 1.57 bits per heavy atom. The van der Waals surface area contributed by atoms with Gasteiger partial charge in [-0.1, -0.05) is 19.8 Å². The van der Waals surface area contributed by atoms with E-state index >= 15 is 0 Å². The Labute approximate surface area is 86.4 Å². The molecular weight excluding hydrogens is 176 g/mol. The average molecular weight is 198 g/mol. The van der Waals surface area contributed by atoms with E-state index in [0.717, 1.165) is 31.7 Å². The Morgan fingerprint density at radius 2 is 2.29 bits per heavy atom. The third-order valence-electron chi connectivity index (χ3n) is 2.84. The zero-order valence-corrected chi connectivity index (χ0v) is 9.09. The molecule has 3 heteroatoms. The van der Waals surface area contributed by atoms with Gasteiger partial charge in [0, 0.05) is 12.5 Å². The van der Waals surface area contributed by atoms with Crippen LogP contribution in [0.25, 0.3) is 0 Å². The zero-order valence-electron chi connectivity index (χ0n) is 9.09. The van der Waals surface area contributed by atoms with Gasteiger partial charge in [0.15, 0.2) is 0 Å². The van der Waals surface area contributed by atoms with Gasteiger partial charge in [-0.05, 0) is 31.7 Å². The molecule has 0 aromatic rings. The topological polar surface area (TPSA) is 55.1 Å². The fourth-order valence-corrected chi connectivity index (χ4v) is 1.54. The zero-order chi connectivity index (χ0) is 10.4. The second-order valence-electron chi connectivity index (χ2n) is 4.36. The Balaban J connectivity index is 2.00. The summed E-state index contributed by atoms with van der Waals surface area (Å²) < 4.78 is 0. The van der Waals surface area contributed by atoms with Crippen molar-refractivity contribution in [1.29, 1.82) is 0 Å². The second kappa shape index (κ2) is 6.02. The lowest BCUT2D eigenvalue weighted by Gasteiger charge is -2.11. The molecule has 82 valence electrons. The molecule has 0 aliphatic heterocycles. The highest BCUT2D eigenvalue weighted by molar-refractivity contribution is 5.78. The van der Waals surface area contributed by atoms with Crippen LogP contribution in [0.4, 0.5) is 0 Å². The van der Waals surface area contributed by atoms with E-state index in [0.29, 0.717) is 6.54 Å². The van der Waals surface area contributed by atoms with E-state index in [9.17, 15) is 4.79 Å². The molecule has 1 aliphatic carbocycles. The van der Waals surface area contributed by atoms with Crippen LogP contribution in [0.1, 0.15) is 39.0 Å². The van der Waals surface area contributed by atoms with E-state index in [2.05, 4.69) is 5.32 Å². The van der Waals surface area contributed by atoms with Gasteiger partial charge in [0.2, 0.25) is 5.91 Å². The monoisotopic (exact) mass is 198 g/mol. The predicted octanol–water partition coefficient (Wildman–Crippen LogP) is 1.28. The molecule has 1 aliphatic rings. The molecule has 1 saturated carbocycles. The smallest absolute Gasteiger partial charge is 0.222 e. The van der Waals surface area contributed by atoms with Gasteiger partial charge in [0.25, 0.3) is 0 Å². The van der Waals surface area contributed by atoms with E-state index in [4.69, 9.17) is 5.73 Å². The molecular formula is C11H22N2O. The van der Waals surface area contributed by atoms with Crippen LogP contribution in [0.15, 0.2) is 0 Å². The van der Waals surface area contributed by atoms with Gasteiger partial charge < -0.3 is 11.1 Å². The molecule has 1 amide bonds. The molecule has 0 heterocycles. The van der Waals surface area contributed by atoms with Crippen LogP contribution in [0, 0.1) is 11.8 Å². The van der Waals surface area contributed by atoms with Gasteiger partial charge in [0.05, 0.1) is 0 Å². The standard InChI is InChI=1S/C11H22N2O/c1-9(3-2-7-12)11(14)13-8-6-10-4-5-10/h9-10H,2-8,12H2,1H3,(H,13,14). The maximum atomic E-state index is 11.5. The number of carbonyl (C=O) groups is 1. The fraction of sp³-hybridized carbons (Fsp3) is 0.909. The third kappa shape index (κ3) is 4.61. The molecule has 0 radical (unpaired) electrons. The summed E-state index contributed by atoms with van der Waals surface area (Å²) in [6.45, 7) is 3.51. The quantitative estimate of drug-likeness (QED) is 0.647. The maximum Gasteiger partial charge on any atom is 0.222 e. The number of nitrogens with one attached hydrogen (secondary N) is 1. The van der Waals surface area contributed by atoms with Gasteiger partial charge in [-0.3, -0.25) is 4.79 Å². The number of rotatable bonds is 7.